The number of thiophene rings is 1. The summed E-state index contributed by atoms with van der Waals surface area (Å²) in [6.07, 6.45) is 0.982. The van der Waals surface area contributed by atoms with Crippen molar-refractivity contribution in [3.63, 3.8) is 0 Å². The normalized spacial score (nSPS) is 13.9. The molecule has 0 atom stereocenters. The second-order valence-electron chi connectivity index (χ2n) is 5.17. The highest BCUT2D eigenvalue weighted by atomic mass is 32.1. The Morgan fingerprint density at radius 1 is 1.23 bits per heavy atom. The van der Waals surface area contributed by atoms with Crippen molar-refractivity contribution in [3.05, 3.63) is 51.2 Å². The van der Waals surface area contributed by atoms with E-state index in [0.29, 0.717) is 29.8 Å². The van der Waals surface area contributed by atoms with Crippen LogP contribution >= 0.6 is 11.3 Å². The molecule has 0 saturated heterocycles. The number of carbonyl (C=O) groups excluding carboxylic acids is 2. The summed E-state index contributed by atoms with van der Waals surface area (Å²) in [5.74, 6) is -1.63. The molecule has 3 rings (SSSR count). The van der Waals surface area contributed by atoms with Crippen LogP contribution in [-0.4, -0.2) is 18.2 Å². The van der Waals surface area contributed by atoms with Crippen molar-refractivity contribution in [2.24, 2.45) is 0 Å². The Morgan fingerprint density at radius 2 is 1.95 bits per heavy atom. The van der Waals surface area contributed by atoms with Crippen LogP contribution in [0, 0.1) is 11.6 Å². The number of fused-ring (bicyclic) bond motifs is 1. The van der Waals surface area contributed by atoms with Gasteiger partial charge in [-0.2, -0.15) is 0 Å². The van der Waals surface area contributed by atoms with Gasteiger partial charge in [-0.1, -0.05) is 0 Å². The quantitative estimate of drug-likeness (QED) is 0.789. The van der Waals surface area contributed by atoms with E-state index in [2.05, 4.69) is 0 Å². The second kappa shape index (κ2) is 5.61. The predicted molar refractivity (Wildman–Crippen MR) is 80.7 cm³/mol. The lowest BCUT2D eigenvalue weighted by atomic mass is 10.0. The minimum atomic E-state index is -0.604. The van der Waals surface area contributed by atoms with Gasteiger partial charge in [0.15, 0.2) is 5.78 Å². The van der Waals surface area contributed by atoms with Gasteiger partial charge in [0.25, 0.3) is 5.91 Å². The van der Waals surface area contributed by atoms with Crippen LogP contribution in [0.4, 0.5) is 14.5 Å². The number of rotatable bonds is 2. The van der Waals surface area contributed by atoms with Gasteiger partial charge in [0, 0.05) is 23.1 Å². The highest BCUT2D eigenvalue weighted by molar-refractivity contribution is 7.12. The topological polar surface area (TPSA) is 37.4 Å². The Hall–Kier alpha value is -2.08. The van der Waals surface area contributed by atoms with E-state index in [4.69, 9.17) is 0 Å². The minimum absolute atomic E-state index is 0.0222. The Labute approximate surface area is 130 Å². The average molecular weight is 321 g/mol. The van der Waals surface area contributed by atoms with Gasteiger partial charge in [-0.3, -0.25) is 9.59 Å². The Balaban J connectivity index is 2.01. The minimum Gasteiger partial charge on any atom is -0.305 e. The van der Waals surface area contributed by atoms with Crippen molar-refractivity contribution in [2.75, 3.05) is 11.4 Å². The first-order chi connectivity index (χ1) is 10.5. The van der Waals surface area contributed by atoms with Crippen molar-refractivity contribution in [3.8, 4) is 0 Å². The summed E-state index contributed by atoms with van der Waals surface area (Å²) in [5.41, 5.74) is 0.710. The molecule has 1 aromatic heterocycles. The highest BCUT2D eigenvalue weighted by Gasteiger charge is 2.29. The zero-order valence-electron chi connectivity index (χ0n) is 11.9. The van der Waals surface area contributed by atoms with Crippen molar-refractivity contribution in [2.45, 2.75) is 19.8 Å². The van der Waals surface area contributed by atoms with Gasteiger partial charge in [0.2, 0.25) is 0 Å². The maximum absolute atomic E-state index is 14.1. The Morgan fingerprint density at radius 3 is 2.64 bits per heavy atom. The van der Waals surface area contributed by atoms with Crippen LogP contribution in [0.5, 0.6) is 0 Å². The van der Waals surface area contributed by atoms with Crippen LogP contribution in [0.25, 0.3) is 0 Å². The van der Waals surface area contributed by atoms with E-state index >= 15 is 0 Å². The molecule has 0 N–H and O–H groups in total. The smallest absolute Gasteiger partial charge is 0.268 e. The maximum atomic E-state index is 14.1. The molecule has 0 fully saturated rings. The molecule has 0 saturated carbocycles. The maximum Gasteiger partial charge on any atom is 0.268 e. The summed E-state index contributed by atoms with van der Waals surface area (Å²) in [7, 11) is 0. The van der Waals surface area contributed by atoms with Gasteiger partial charge in [-0.15, -0.1) is 11.3 Å². The zero-order valence-corrected chi connectivity index (χ0v) is 12.7. The molecule has 0 aliphatic carbocycles. The van der Waals surface area contributed by atoms with Crippen LogP contribution in [-0.2, 0) is 6.42 Å². The number of hydrogen-bond acceptors (Lipinski definition) is 3. The highest BCUT2D eigenvalue weighted by Crippen LogP contribution is 2.33. The third-order valence-corrected chi connectivity index (χ3v) is 4.63. The first kappa shape index (κ1) is 14.8. The first-order valence-corrected chi connectivity index (χ1v) is 7.75. The second-order valence-corrected chi connectivity index (χ2v) is 6.08. The molecule has 1 amide bonds. The fraction of sp³-hybridized carbons (Fsp3) is 0.250. The first-order valence-electron chi connectivity index (χ1n) is 6.87. The van der Waals surface area contributed by atoms with Gasteiger partial charge >= 0.3 is 0 Å². The molecular weight excluding hydrogens is 308 g/mol. The molecule has 1 aliphatic heterocycles. The fourth-order valence-corrected chi connectivity index (χ4v) is 3.50. The van der Waals surface area contributed by atoms with Crippen molar-refractivity contribution in [1.82, 2.24) is 0 Å². The number of Topliss-reactive ketones (excluding diaryl/α,β-unsaturated/α-hetero) is 1. The number of halogens is 2. The van der Waals surface area contributed by atoms with Crippen LogP contribution in [0.3, 0.4) is 0 Å². The number of nitrogens with zero attached hydrogens (tertiary/aromatic N) is 1. The number of benzene rings is 1. The molecule has 2 heterocycles. The van der Waals surface area contributed by atoms with E-state index in [1.165, 1.54) is 17.9 Å². The van der Waals surface area contributed by atoms with Crippen LogP contribution in [0.1, 0.15) is 38.9 Å². The molecule has 0 unspecified atom stereocenters. The molecule has 0 spiro atoms. The van der Waals surface area contributed by atoms with Crippen LogP contribution in [0.2, 0.25) is 0 Å². The summed E-state index contributed by atoms with van der Waals surface area (Å²) in [6.45, 7) is 1.75. The molecule has 114 valence electrons. The SMILES string of the molecule is CC(=O)c1csc(C(=O)N2CCCc3c(F)ccc(F)c32)c1. The standard InChI is InChI=1S/C16H13F2NO2S/c1-9(20)10-7-14(22-8-10)16(21)19-6-2-3-11-12(17)4-5-13(18)15(11)19/h4-5,7-8H,2-3,6H2,1H3. The van der Waals surface area contributed by atoms with Crippen LogP contribution in [0.15, 0.2) is 23.6 Å². The van der Waals surface area contributed by atoms with E-state index in [1.807, 2.05) is 0 Å². The predicted octanol–water partition coefficient (Wildman–Crippen LogP) is 3.82. The average Bonchev–Trinajstić information content (AvgIpc) is 3.00. The third kappa shape index (κ3) is 2.43. The van der Waals surface area contributed by atoms with Gasteiger partial charge < -0.3 is 4.90 Å². The van der Waals surface area contributed by atoms with Crippen molar-refractivity contribution >= 4 is 28.7 Å². The lowest BCUT2D eigenvalue weighted by molar-refractivity contribution is 0.0987. The van der Waals surface area contributed by atoms with Gasteiger partial charge in [-0.05, 0) is 38.0 Å². The molecule has 2 aromatic rings. The largest absolute Gasteiger partial charge is 0.305 e. The molecule has 6 heteroatoms. The van der Waals surface area contributed by atoms with Gasteiger partial charge in [0.05, 0.1) is 10.6 Å². The summed E-state index contributed by atoms with van der Waals surface area (Å²) >= 11 is 1.14. The number of amides is 1. The number of hydrogen-bond donors (Lipinski definition) is 0. The molecule has 1 aromatic carbocycles. The summed E-state index contributed by atoms with van der Waals surface area (Å²) in [5, 5.41) is 1.60. The summed E-state index contributed by atoms with van der Waals surface area (Å²) < 4.78 is 28.0. The van der Waals surface area contributed by atoms with Crippen molar-refractivity contribution < 1.29 is 18.4 Å². The summed E-state index contributed by atoms with van der Waals surface area (Å²) in [6, 6.07) is 3.62. The molecule has 3 nitrogen and oxygen atoms in total. The van der Waals surface area contributed by atoms with Gasteiger partial charge in [0.1, 0.15) is 11.6 Å². The van der Waals surface area contributed by atoms with E-state index in [1.54, 1.807) is 5.38 Å². The Bertz CT molecular complexity index is 770. The zero-order chi connectivity index (χ0) is 15.9. The van der Waals surface area contributed by atoms with Crippen molar-refractivity contribution in [1.29, 1.82) is 0 Å². The van der Waals surface area contributed by atoms with E-state index in [-0.39, 0.29) is 17.0 Å². The van der Waals surface area contributed by atoms with E-state index in [0.717, 1.165) is 23.5 Å². The molecule has 0 radical (unpaired) electrons. The fourth-order valence-electron chi connectivity index (χ4n) is 2.61. The molecule has 0 bridgehead atoms. The van der Waals surface area contributed by atoms with E-state index in [9.17, 15) is 18.4 Å². The van der Waals surface area contributed by atoms with Crippen LogP contribution < -0.4 is 4.90 Å². The monoisotopic (exact) mass is 321 g/mol. The number of ketones is 1. The summed E-state index contributed by atoms with van der Waals surface area (Å²) in [4.78, 5) is 25.5. The Kier molecular flexibility index (Phi) is 3.78. The lowest BCUT2D eigenvalue weighted by Gasteiger charge is -2.29. The third-order valence-electron chi connectivity index (χ3n) is 3.72. The molecule has 22 heavy (non-hydrogen) atoms. The number of carbonyl (C=O) groups is 2. The lowest BCUT2D eigenvalue weighted by Crippen LogP contribution is -2.36. The number of anilines is 1. The van der Waals surface area contributed by atoms with Gasteiger partial charge in [-0.25, -0.2) is 8.78 Å². The van der Waals surface area contributed by atoms with E-state index < -0.39 is 17.5 Å². The molecule has 1 aliphatic rings. The molecular formula is C16H13F2NO2S.